The molecule has 2 N–H and O–H groups in total. The second-order valence-corrected chi connectivity index (χ2v) is 5.03. The maximum absolute atomic E-state index is 9.59. The van der Waals surface area contributed by atoms with Crippen molar-refractivity contribution < 1.29 is 5.11 Å². The largest absolute Gasteiger partial charge is 0.392 e. The highest BCUT2D eigenvalue weighted by atomic mass is 32.1. The molecule has 0 aliphatic carbocycles. The first-order valence-corrected chi connectivity index (χ1v) is 5.97. The minimum atomic E-state index is -0.213. The zero-order valence-electron chi connectivity index (χ0n) is 8.86. The van der Waals surface area contributed by atoms with Crippen molar-refractivity contribution in [2.75, 3.05) is 6.54 Å². The van der Waals surface area contributed by atoms with E-state index in [1.165, 1.54) is 4.88 Å². The molecular formula is C11H19NOS. The van der Waals surface area contributed by atoms with E-state index in [1.54, 1.807) is 11.3 Å². The Morgan fingerprint density at radius 2 is 2.29 bits per heavy atom. The molecule has 0 aliphatic heterocycles. The van der Waals surface area contributed by atoms with E-state index < -0.39 is 0 Å². The zero-order chi connectivity index (χ0) is 10.4. The van der Waals surface area contributed by atoms with Crippen LogP contribution >= 0.6 is 11.3 Å². The van der Waals surface area contributed by atoms with Crippen LogP contribution in [0, 0.1) is 5.92 Å². The molecule has 0 aromatic carbocycles. The molecule has 1 heterocycles. The number of nitrogens with one attached hydrogen (secondary N) is 1. The monoisotopic (exact) mass is 213 g/mol. The van der Waals surface area contributed by atoms with E-state index in [-0.39, 0.29) is 6.10 Å². The fraction of sp³-hybridized carbons (Fsp3) is 0.636. The lowest BCUT2D eigenvalue weighted by molar-refractivity contribution is 0.146. The van der Waals surface area contributed by atoms with Gasteiger partial charge in [-0.3, -0.25) is 0 Å². The molecule has 1 unspecified atom stereocenters. The number of rotatable bonds is 6. The van der Waals surface area contributed by atoms with E-state index in [0.29, 0.717) is 12.5 Å². The summed E-state index contributed by atoms with van der Waals surface area (Å²) in [4.78, 5) is 1.32. The van der Waals surface area contributed by atoms with Crippen molar-refractivity contribution >= 4 is 11.3 Å². The molecule has 3 heteroatoms. The highest BCUT2D eigenvalue weighted by Crippen LogP contribution is 2.08. The van der Waals surface area contributed by atoms with Crippen LogP contribution < -0.4 is 5.32 Å². The first-order valence-electron chi connectivity index (χ1n) is 5.09. The summed E-state index contributed by atoms with van der Waals surface area (Å²) in [6.07, 6.45) is 0.659. The van der Waals surface area contributed by atoms with Crippen LogP contribution in [0.1, 0.15) is 25.1 Å². The smallest absolute Gasteiger partial charge is 0.0667 e. The highest BCUT2D eigenvalue weighted by Gasteiger charge is 2.05. The quantitative estimate of drug-likeness (QED) is 0.759. The summed E-state index contributed by atoms with van der Waals surface area (Å²) < 4.78 is 0. The van der Waals surface area contributed by atoms with Crippen molar-refractivity contribution in [3.8, 4) is 0 Å². The molecule has 1 aromatic rings. The van der Waals surface area contributed by atoms with Gasteiger partial charge in [-0.1, -0.05) is 19.9 Å². The van der Waals surface area contributed by atoms with E-state index in [9.17, 15) is 5.11 Å². The van der Waals surface area contributed by atoms with Crippen molar-refractivity contribution in [1.82, 2.24) is 5.32 Å². The predicted octanol–water partition coefficient (Wildman–Crippen LogP) is 2.24. The minimum Gasteiger partial charge on any atom is -0.392 e. The Morgan fingerprint density at radius 1 is 1.50 bits per heavy atom. The average Bonchev–Trinajstić information content (AvgIpc) is 2.55. The van der Waals surface area contributed by atoms with Gasteiger partial charge in [0.15, 0.2) is 0 Å². The van der Waals surface area contributed by atoms with Gasteiger partial charge in [0.1, 0.15) is 0 Å². The number of hydrogen-bond acceptors (Lipinski definition) is 3. The zero-order valence-corrected chi connectivity index (χ0v) is 9.68. The second-order valence-electron chi connectivity index (χ2n) is 3.99. The van der Waals surface area contributed by atoms with Gasteiger partial charge in [-0.05, 0) is 23.8 Å². The van der Waals surface area contributed by atoms with Gasteiger partial charge in [-0.25, -0.2) is 0 Å². The Bertz CT molecular complexity index is 233. The van der Waals surface area contributed by atoms with Gasteiger partial charge < -0.3 is 10.4 Å². The highest BCUT2D eigenvalue weighted by molar-refractivity contribution is 7.09. The topological polar surface area (TPSA) is 32.3 Å². The molecule has 0 amide bonds. The van der Waals surface area contributed by atoms with Crippen LogP contribution in [0.4, 0.5) is 0 Å². The molecule has 0 saturated carbocycles. The van der Waals surface area contributed by atoms with Gasteiger partial charge in [0.2, 0.25) is 0 Å². The summed E-state index contributed by atoms with van der Waals surface area (Å²) >= 11 is 1.74. The van der Waals surface area contributed by atoms with Gasteiger partial charge in [0.25, 0.3) is 0 Å². The fourth-order valence-corrected chi connectivity index (χ4v) is 2.08. The number of aliphatic hydroxyl groups is 1. The minimum absolute atomic E-state index is 0.213. The SMILES string of the molecule is CC(C)CC(O)CNCc1cccs1. The van der Waals surface area contributed by atoms with Gasteiger partial charge in [-0.15, -0.1) is 11.3 Å². The molecule has 80 valence electrons. The van der Waals surface area contributed by atoms with Crippen molar-refractivity contribution in [2.24, 2.45) is 5.92 Å². The standard InChI is InChI=1S/C11H19NOS/c1-9(2)6-10(13)7-12-8-11-4-3-5-14-11/h3-5,9-10,12-13H,6-8H2,1-2H3. The first-order chi connectivity index (χ1) is 6.68. The maximum Gasteiger partial charge on any atom is 0.0667 e. The predicted molar refractivity (Wildman–Crippen MR) is 61.5 cm³/mol. The van der Waals surface area contributed by atoms with E-state index in [1.807, 2.05) is 6.07 Å². The molecule has 1 aromatic heterocycles. The third kappa shape index (κ3) is 4.74. The van der Waals surface area contributed by atoms with Gasteiger partial charge >= 0.3 is 0 Å². The average molecular weight is 213 g/mol. The fourth-order valence-electron chi connectivity index (χ4n) is 1.40. The maximum atomic E-state index is 9.59. The van der Waals surface area contributed by atoms with Crippen LogP contribution in [0.3, 0.4) is 0 Å². The summed E-state index contributed by atoms with van der Waals surface area (Å²) in [5.74, 6) is 0.563. The molecule has 14 heavy (non-hydrogen) atoms. The summed E-state index contributed by atoms with van der Waals surface area (Å²) in [6, 6.07) is 4.15. The Morgan fingerprint density at radius 3 is 2.86 bits per heavy atom. The molecular weight excluding hydrogens is 194 g/mol. The molecule has 0 radical (unpaired) electrons. The lowest BCUT2D eigenvalue weighted by Crippen LogP contribution is -2.27. The van der Waals surface area contributed by atoms with Crippen LogP contribution in [0.25, 0.3) is 0 Å². The summed E-state index contributed by atoms with van der Waals surface area (Å²) in [5, 5.41) is 14.9. The molecule has 0 spiro atoms. The Kier molecular flexibility index (Phi) is 5.15. The van der Waals surface area contributed by atoms with Gasteiger partial charge in [-0.2, -0.15) is 0 Å². The summed E-state index contributed by atoms with van der Waals surface area (Å²) in [7, 11) is 0. The molecule has 0 fully saturated rings. The third-order valence-electron chi connectivity index (χ3n) is 2.00. The van der Waals surface area contributed by atoms with Crippen LogP contribution in [-0.2, 0) is 6.54 Å². The van der Waals surface area contributed by atoms with E-state index in [0.717, 1.165) is 13.0 Å². The number of hydrogen-bond donors (Lipinski definition) is 2. The van der Waals surface area contributed by atoms with Gasteiger partial charge in [0.05, 0.1) is 6.10 Å². The van der Waals surface area contributed by atoms with Crippen molar-refractivity contribution in [1.29, 1.82) is 0 Å². The number of aliphatic hydroxyl groups excluding tert-OH is 1. The van der Waals surface area contributed by atoms with Crippen molar-refractivity contribution in [3.63, 3.8) is 0 Å². The lowest BCUT2D eigenvalue weighted by atomic mass is 10.1. The van der Waals surface area contributed by atoms with Crippen molar-refractivity contribution in [3.05, 3.63) is 22.4 Å². The van der Waals surface area contributed by atoms with Crippen molar-refractivity contribution in [2.45, 2.75) is 32.9 Å². The molecule has 0 bridgehead atoms. The van der Waals surface area contributed by atoms with E-state index >= 15 is 0 Å². The van der Waals surface area contributed by atoms with Crippen LogP contribution in [-0.4, -0.2) is 17.8 Å². The normalized spacial score (nSPS) is 13.4. The molecule has 2 nitrogen and oxygen atoms in total. The van der Waals surface area contributed by atoms with E-state index in [4.69, 9.17) is 0 Å². The molecule has 0 saturated heterocycles. The Labute approximate surface area is 90.0 Å². The summed E-state index contributed by atoms with van der Waals surface area (Å²) in [5.41, 5.74) is 0. The van der Waals surface area contributed by atoms with Gasteiger partial charge in [0, 0.05) is 18.0 Å². The lowest BCUT2D eigenvalue weighted by Gasteiger charge is -2.13. The van der Waals surface area contributed by atoms with Crippen LogP contribution in [0.5, 0.6) is 0 Å². The summed E-state index contributed by atoms with van der Waals surface area (Å²) in [6.45, 7) is 5.81. The van der Waals surface area contributed by atoms with Crippen LogP contribution in [0.15, 0.2) is 17.5 Å². The Hall–Kier alpha value is -0.380. The molecule has 1 atom stereocenters. The first kappa shape index (κ1) is 11.7. The van der Waals surface area contributed by atoms with E-state index in [2.05, 4.69) is 30.6 Å². The Balaban J connectivity index is 2.09. The second kappa shape index (κ2) is 6.17. The molecule has 0 aliphatic rings. The number of thiophene rings is 1. The molecule has 1 rings (SSSR count). The third-order valence-corrected chi connectivity index (χ3v) is 2.88. The van der Waals surface area contributed by atoms with Crippen LogP contribution in [0.2, 0.25) is 0 Å².